The molecule has 0 bridgehead atoms. The first-order valence-corrected chi connectivity index (χ1v) is 8.44. The Morgan fingerprint density at radius 1 is 1.38 bits per heavy atom. The molecule has 21 heavy (non-hydrogen) atoms. The molecule has 1 fully saturated rings. The van der Waals surface area contributed by atoms with E-state index < -0.39 is 10.0 Å². The van der Waals surface area contributed by atoms with Crippen molar-refractivity contribution in [1.82, 2.24) is 5.32 Å². The van der Waals surface area contributed by atoms with E-state index >= 15 is 0 Å². The summed E-state index contributed by atoms with van der Waals surface area (Å²) in [4.78, 5) is 12.0. The maximum atomic E-state index is 12.1. The smallest absolute Gasteiger partial charge is 0.238 e. The van der Waals surface area contributed by atoms with Gasteiger partial charge in [0, 0.05) is 11.6 Å². The molecule has 0 aromatic heterocycles. The standard InChI is InChI=1S/C14H20N2O4S/c1-20-13-7-6-12(21(15,18)19)8-10(13)9-14(17)16-11-4-2-3-5-11/h6-8,11H,2-5,9H2,1H3,(H,16,17)(H2,15,18,19). The lowest BCUT2D eigenvalue weighted by Crippen LogP contribution is -2.33. The maximum absolute atomic E-state index is 12.1. The number of nitrogens with one attached hydrogen (secondary N) is 1. The Kier molecular flexibility index (Phi) is 4.84. The molecule has 1 aliphatic rings. The molecule has 0 heterocycles. The number of hydrogen-bond donors (Lipinski definition) is 2. The molecule has 7 heteroatoms. The van der Waals surface area contributed by atoms with Gasteiger partial charge >= 0.3 is 0 Å². The second-order valence-electron chi connectivity index (χ2n) is 5.24. The van der Waals surface area contributed by atoms with Crippen molar-refractivity contribution in [2.24, 2.45) is 5.14 Å². The predicted octanol–water partition coefficient (Wildman–Crippen LogP) is 0.944. The molecule has 1 aliphatic carbocycles. The van der Waals surface area contributed by atoms with Crippen molar-refractivity contribution in [3.05, 3.63) is 23.8 Å². The van der Waals surface area contributed by atoms with Crippen LogP contribution in [-0.4, -0.2) is 27.5 Å². The number of ether oxygens (including phenoxy) is 1. The first kappa shape index (κ1) is 15.8. The van der Waals surface area contributed by atoms with Crippen LogP contribution in [0.4, 0.5) is 0 Å². The molecule has 0 aliphatic heterocycles. The van der Waals surface area contributed by atoms with E-state index in [2.05, 4.69) is 5.32 Å². The Bertz CT molecular complexity index is 622. The SMILES string of the molecule is COc1ccc(S(N)(=O)=O)cc1CC(=O)NC1CCCC1. The fraction of sp³-hybridized carbons (Fsp3) is 0.500. The Labute approximate surface area is 124 Å². The van der Waals surface area contributed by atoms with Gasteiger partial charge in [0.15, 0.2) is 0 Å². The number of primary sulfonamides is 1. The first-order valence-electron chi connectivity index (χ1n) is 6.89. The van der Waals surface area contributed by atoms with Gasteiger partial charge in [-0.2, -0.15) is 0 Å². The predicted molar refractivity (Wildman–Crippen MR) is 78.5 cm³/mol. The van der Waals surface area contributed by atoms with Gasteiger partial charge in [-0.05, 0) is 31.0 Å². The average molecular weight is 312 g/mol. The molecule has 0 unspecified atom stereocenters. The second-order valence-corrected chi connectivity index (χ2v) is 6.81. The van der Waals surface area contributed by atoms with Crippen molar-refractivity contribution in [3.63, 3.8) is 0 Å². The van der Waals surface area contributed by atoms with Gasteiger partial charge in [-0.3, -0.25) is 4.79 Å². The van der Waals surface area contributed by atoms with E-state index in [1.54, 1.807) is 0 Å². The highest BCUT2D eigenvalue weighted by Gasteiger charge is 2.19. The van der Waals surface area contributed by atoms with Crippen molar-refractivity contribution in [3.8, 4) is 5.75 Å². The Hall–Kier alpha value is -1.60. The van der Waals surface area contributed by atoms with Crippen LogP contribution in [0.25, 0.3) is 0 Å². The summed E-state index contributed by atoms with van der Waals surface area (Å²) < 4.78 is 27.9. The van der Waals surface area contributed by atoms with E-state index in [-0.39, 0.29) is 23.3 Å². The Morgan fingerprint density at radius 2 is 2.05 bits per heavy atom. The quantitative estimate of drug-likeness (QED) is 0.845. The minimum absolute atomic E-state index is 0.0213. The molecule has 3 N–H and O–H groups in total. The zero-order valence-electron chi connectivity index (χ0n) is 12.0. The molecule has 0 spiro atoms. The lowest BCUT2D eigenvalue weighted by atomic mass is 10.1. The lowest BCUT2D eigenvalue weighted by molar-refractivity contribution is -0.121. The summed E-state index contributed by atoms with van der Waals surface area (Å²) in [6.45, 7) is 0. The number of benzene rings is 1. The van der Waals surface area contributed by atoms with Gasteiger partial charge < -0.3 is 10.1 Å². The van der Waals surface area contributed by atoms with Crippen molar-refractivity contribution in [2.75, 3.05) is 7.11 Å². The molecule has 1 aromatic carbocycles. The van der Waals surface area contributed by atoms with E-state index in [0.717, 1.165) is 25.7 Å². The summed E-state index contributed by atoms with van der Waals surface area (Å²) in [5.41, 5.74) is 0.513. The molecule has 2 rings (SSSR count). The van der Waals surface area contributed by atoms with Gasteiger partial charge in [0.05, 0.1) is 18.4 Å². The summed E-state index contributed by atoms with van der Waals surface area (Å²) in [5.74, 6) is 0.343. The number of carbonyl (C=O) groups excluding carboxylic acids is 1. The van der Waals surface area contributed by atoms with E-state index in [9.17, 15) is 13.2 Å². The molecular weight excluding hydrogens is 292 g/mol. The van der Waals surface area contributed by atoms with Gasteiger partial charge in [-0.15, -0.1) is 0 Å². The molecule has 1 saturated carbocycles. The summed E-state index contributed by atoms with van der Waals surface area (Å²) in [6, 6.07) is 4.50. The summed E-state index contributed by atoms with van der Waals surface area (Å²) in [7, 11) is -2.32. The fourth-order valence-corrected chi connectivity index (χ4v) is 3.16. The zero-order chi connectivity index (χ0) is 15.5. The summed E-state index contributed by atoms with van der Waals surface area (Å²) >= 11 is 0. The van der Waals surface area contributed by atoms with Crippen LogP contribution >= 0.6 is 0 Å². The molecule has 6 nitrogen and oxygen atoms in total. The minimum Gasteiger partial charge on any atom is -0.496 e. The fourth-order valence-electron chi connectivity index (χ4n) is 2.59. The highest BCUT2D eigenvalue weighted by molar-refractivity contribution is 7.89. The van der Waals surface area contributed by atoms with Gasteiger partial charge in [0.2, 0.25) is 15.9 Å². The number of sulfonamides is 1. The molecule has 116 valence electrons. The normalized spacial score (nSPS) is 15.9. The summed E-state index contributed by atoms with van der Waals surface area (Å²) in [5, 5.41) is 8.07. The zero-order valence-corrected chi connectivity index (χ0v) is 12.8. The van der Waals surface area contributed by atoms with Gasteiger partial charge in [-0.25, -0.2) is 13.6 Å². The van der Waals surface area contributed by atoms with E-state index in [1.165, 1.54) is 25.3 Å². The van der Waals surface area contributed by atoms with Crippen molar-refractivity contribution >= 4 is 15.9 Å². The summed E-state index contributed by atoms with van der Waals surface area (Å²) in [6.07, 6.45) is 4.34. The van der Waals surface area contributed by atoms with Crippen LogP contribution in [-0.2, 0) is 21.2 Å². The Morgan fingerprint density at radius 3 is 2.62 bits per heavy atom. The molecule has 1 aromatic rings. The molecule has 0 radical (unpaired) electrons. The lowest BCUT2D eigenvalue weighted by Gasteiger charge is -2.14. The number of nitrogens with two attached hydrogens (primary N) is 1. The van der Waals surface area contributed by atoms with Crippen LogP contribution in [0.2, 0.25) is 0 Å². The van der Waals surface area contributed by atoms with Crippen LogP contribution in [0.5, 0.6) is 5.75 Å². The second kappa shape index (κ2) is 6.44. The van der Waals surface area contributed by atoms with Crippen molar-refractivity contribution in [1.29, 1.82) is 0 Å². The highest BCUT2D eigenvalue weighted by Crippen LogP contribution is 2.23. The Balaban J connectivity index is 2.15. The molecular formula is C14H20N2O4S. The van der Waals surface area contributed by atoms with Crippen LogP contribution in [0.3, 0.4) is 0 Å². The van der Waals surface area contributed by atoms with Crippen LogP contribution in [0.1, 0.15) is 31.2 Å². The van der Waals surface area contributed by atoms with E-state index in [1.807, 2.05) is 0 Å². The number of hydrogen-bond acceptors (Lipinski definition) is 4. The van der Waals surface area contributed by atoms with Gasteiger partial charge in [0.25, 0.3) is 0 Å². The minimum atomic E-state index is -3.80. The first-order chi connectivity index (χ1) is 9.90. The maximum Gasteiger partial charge on any atom is 0.238 e. The third-order valence-corrected chi connectivity index (χ3v) is 4.56. The van der Waals surface area contributed by atoms with Crippen molar-refractivity contribution in [2.45, 2.75) is 43.0 Å². The third kappa shape index (κ3) is 4.18. The van der Waals surface area contributed by atoms with E-state index in [0.29, 0.717) is 11.3 Å². The molecule has 1 amide bonds. The van der Waals surface area contributed by atoms with Gasteiger partial charge in [0.1, 0.15) is 5.75 Å². The van der Waals surface area contributed by atoms with Crippen molar-refractivity contribution < 1.29 is 17.9 Å². The average Bonchev–Trinajstić information content (AvgIpc) is 2.90. The van der Waals surface area contributed by atoms with Gasteiger partial charge in [-0.1, -0.05) is 12.8 Å². The molecule has 0 atom stereocenters. The van der Waals surface area contributed by atoms with E-state index in [4.69, 9.17) is 9.88 Å². The highest BCUT2D eigenvalue weighted by atomic mass is 32.2. The number of methoxy groups -OCH3 is 1. The topological polar surface area (TPSA) is 98.5 Å². The third-order valence-electron chi connectivity index (χ3n) is 3.65. The largest absolute Gasteiger partial charge is 0.496 e. The molecule has 0 saturated heterocycles. The van der Waals surface area contributed by atoms with Crippen LogP contribution in [0, 0.1) is 0 Å². The van der Waals surface area contributed by atoms with Crippen LogP contribution < -0.4 is 15.2 Å². The van der Waals surface area contributed by atoms with Crippen LogP contribution in [0.15, 0.2) is 23.1 Å². The number of rotatable bonds is 5. The number of carbonyl (C=O) groups is 1. The monoisotopic (exact) mass is 312 g/mol. The number of amides is 1.